The number of nitrogens with zero attached hydrogens (tertiary/aromatic N) is 1. The summed E-state index contributed by atoms with van der Waals surface area (Å²) in [7, 11) is 0. The van der Waals surface area contributed by atoms with Crippen molar-refractivity contribution in [2.45, 2.75) is 20.8 Å². The fraction of sp³-hybridized carbons (Fsp3) is 0.261. The van der Waals surface area contributed by atoms with Crippen LogP contribution in [-0.2, 0) is 14.3 Å². The summed E-state index contributed by atoms with van der Waals surface area (Å²) in [6, 6.07) is 10.3. The molecule has 0 aromatic heterocycles. The minimum Gasteiger partial charge on any atom is -0.490 e. The molecule has 32 heavy (non-hydrogen) atoms. The van der Waals surface area contributed by atoms with Gasteiger partial charge in [0, 0.05) is 10.7 Å². The summed E-state index contributed by atoms with van der Waals surface area (Å²) in [5.41, 5.74) is 1.63. The van der Waals surface area contributed by atoms with Crippen molar-refractivity contribution in [2.24, 2.45) is 0 Å². The first-order valence-electron chi connectivity index (χ1n) is 9.73. The molecule has 1 N–H and O–H groups in total. The van der Waals surface area contributed by atoms with E-state index in [2.05, 4.69) is 21.2 Å². The number of carbonyl (C=O) groups is 2. The Bertz CT molecular complexity index is 1080. The average Bonchev–Trinajstić information content (AvgIpc) is 2.75. The number of nitrogens with one attached hydrogen (secondary N) is 1. The average molecular weight is 522 g/mol. The van der Waals surface area contributed by atoms with Gasteiger partial charge in [-0.2, -0.15) is 5.26 Å². The number of carbonyl (C=O) groups excluding carboxylic acids is 2. The Morgan fingerprint density at radius 2 is 1.97 bits per heavy atom. The third-order valence-electron chi connectivity index (χ3n) is 4.16. The normalized spacial score (nSPS) is 10.8. The van der Waals surface area contributed by atoms with Crippen LogP contribution in [0.1, 0.15) is 25.0 Å². The van der Waals surface area contributed by atoms with Crippen LogP contribution >= 0.6 is 27.5 Å². The number of halogens is 2. The number of ether oxygens (including phenoxy) is 3. The summed E-state index contributed by atoms with van der Waals surface area (Å²) in [6.45, 7) is 5.58. The van der Waals surface area contributed by atoms with Crippen LogP contribution in [0.2, 0.25) is 5.02 Å². The van der Waals surface area contributed by atoms with Crippen LogP contribution in [0.15, 0.2) is 40.4 Å². The lowest BCUT2D eigenvalue weighted by Crippen LogP contribution is -2.15. The topological polar surface area (TPSA) is 97.7 Å². The van der Waals surface area contributed by atoms with Crippen molar-refractivity contribution >= 4 is 51.2 Å². The highest BCUT2D eigenvalue weighted by Crippen LogP contribution is 2.37. The van der Waals surface area contributed by atoms with Crippen LogP contribution < -0.4 is 14.8 Å². The molecule has 0 unspecified atom stereocenters. The lowest BCUT2D eigenvalue weighted by molar-refractivity contribution is -0.145. The summed E-state index contributed by atoms with van der Waals surface area (Å²) in [6.07, 6.45) is 1.43. The molecule has 0 atom stereocenters. The predicted octanol–water partition coefficient (Wildman–Crippen LogP) is 5.30. The van der Waals surface area contributed by atoms with E-state index in [4.69, 9.17) is 25.8 Å². The van der Waals surface area contributed by atoms with Gasteiger partial charge in [0.25, 0.3) is 5.91 Å². The molecule has 2 rings (SSSR count). The van der Waals surface area contributed by atoms with Gasteiger partial charge in [-0.05, 0) is 78.2 Å². The monoisotopic (exact) mass is 520 g/mol. The summed E-state index contributed by atoms with van der Waals surface area (Å²) < 4.78 is 16.5. The molecule has 0 aliphatic rings. The van der Waals surface area contributed by atoms with Crippen LogP contribution in [0, 0.1) is 18.3 Å². The summed E-state index contributed by atoms with van der Waals surface area (Å²) in [5, 5.41) is 12.7. The zero-order chi connectivity index (χ0) is 23.7. The van der Waals surface area contributed by atoms with E-state index in [0.29, 0.717) is 44.4 Å². The standard InChI is InChI=1S/C23H22BrClN2O5/c1-4-30-20-11-15(10-17(24)22(20)32-13-21(28)31-5-2)9-16(12-26)23(29)27-19-8-6-7-18(25)14(19)3/h6-11H,4-5,13H2,1-3H3,(H,27,29)/b16-9+. The molecule has 2 aromatic rings. The molecule has 9 heteroatoms. The first-order valence-corrected chi connectivity index (χ1v) is 10.9. The van der Waals surface area contributed by atoms with Gasteiger partial charge in [-0.15, -0.1) is 0 Å². The van der Waals surface area contributed by atoms with Gasteiger partial charge in [0.2, 0.25) is 0 Å². The molecular formula is C23H22BrClN2O5. The molecule has 0 heterocycles. The Kier molecular flexibility index (Phi) is 9.57. The van der Waals surface area contributed by atoms with Crippen molar-refractivity contribution in [3.05, 3.63) is 56.5 Å². The minimum absolute atomic E-state index is 0.112. The zero-order valence-electron chi connectivity index (χ0n) is 17.8. The second-order valence-electron chi connectivity index (χ2n) is 6.39. The Morgan fingerprint density at radius 3 is 2.62 bits per heavy atom. The number of nitriles is 1. The predicted molar refractivity (Wildman–Crippen MR) is 126 cm³/mol. The van der Waals surface area contributed by atoms with Gasteiger partial charge in [0.1, 0.15) is 11.6 Å². The molecule has 0 saturated carbocycles. The lowest BCUT2D eigenvalue weighted by atomic mass is 10.1. The van der Waals surface area contributed by atoms with Gasteiger partial charge in [-0.1, -0.05) is 17.7 Å². The molecule has 0 radical (unpaired) electrons. The summed E-state index contributed by atoms with van der Waals surface area (Å²) in [5.74, 6) is -0.421. The largest absolute Gasteiger partial charge is 0.490 e. The lowest BCUT2D eigenvalue weighted by Gasteiger charge is -2.14. The van der Waals surface area contributed by atoms with Crippen molar-refractivity contribution in [3.8, 4) is 17.6 Å². The van der Waals surface area contributed by atoms with E-state index in [9.17, 15) is 14.9 Å². The minimum atomic E-state index is -0.574. The molecule has 0 fully saturated rings. The van der Waals surface area contributed by atoms with Gasteiger partial charge >= 0.3 is 5.97 Å². The molecule has 0 spiro atoms. The van der Waals surface area contributed by atoms with Gasteiger partial charge in [0.15, 0.2) is 18.1 Å². The Morgan fingerprint density at radius 1 is 1.22 bits per heavy atom. The molecule has 168 valence electrons. The van der Waals surface area contributed by atoms with E-state index >= 15 is 0 Å². The van der Waals surface area contributed by atoms with Gasteiger partial charge in [-0.3, -0.25) is 4.79 Å². The van der Waals surface area contributed by atoms with Crippen LogP contribution in [0.5, 0.6) is 11.5 Å². The second-order valence-corrected chi connectivity index (χ2v) is 7.65. The number of rotatable bonds is 9. The highest BCUT2D eigenvalue weighted by molar-refractivity contribution is 9.10. The number of anilines is 1. The smallest absolute Gasteiger partial charge is 0.344 e. The summed E-state index contributed by atoms with van der Waals surface area (Å²) in [4.78, 5) is 24.3. The summed E-state index contributed by atoms with van der Waals surface area (Å²) >= 11 is 9.48. The van der Waals surface area contributed by atoms with Gasteiger partial charge in [-0.25, -0.2) is 4.79 Å². The van der Waals surface area contributed by atoms with Crippen molar-refractivity contribution < 1.29 is 23.8 Å². The van der Waals surface area contributed by atoms with Crippen molar-refractivity contribution in [3.63, 3.8) is 0 Å². The molecule has 1 amide bonds. The van der Waals surface area contributed by atoms with Crippen LogP contribution in [-0.4, -0.2) is 31.7 Å². The van der Waals surface area contributed by atoms with Crippen LogP contribution in [0.3, 0.4) is 0 Å². The van der Waals surface area contributed by atoms with E-state index < -0.39 is 11.9 Å². The van der Waals surface area contributed by atoms with E-state index in [1.165, 1.54) is 6.08 Å². The van der Waals surface area contributed by atoms with Crippen LogP contribution in [0.4, 0.5) is 5.69 Å². The number of hydrogen-bond donors (Lipinski definition) is 1. The Labute approximate surface area is 200 Å². The van der Waals surface area contributed by atoms with Gasteiger partial charge < -0.3 is 19.5 Å². The van der Waals surface area contributed by atoms with Crippen molar-refractivity contribution in [2.75, 3.05) is 25.1 Å². The Balaban J connectivity index is 2.31. The molecule has 0 aliphatic carbocycles. The molecular weight excluding hydrogens is 500 g/mol. The highest BCUT2D eigenvalue weighted by Gasteiger charge is 2.16. The molecule has 0 aliphatic heterocycles. The third kappa shape index (κ3) is 6.74. The molecule has 7 nitrogen and oxygen atoms in total. The Hall–Kier alpha value is -3.02. The third-order valence-corrected chi connectivity index (χ3v) is 5.16. The maximum atomic E-state index is 12.6. The van der Waals surface area contributed by atoms with E-state index in [0.717, 1.165) is 0 Å². The first kappa shape index (κ1) is 25.2. The quantitative estimate of drug-likeness (QED) is 0.273. The molecule has 2 aromatic carbocycles. The number of hydrogen-bond acceptors (Lipinski definition) is 6. The van der Waals surface area contributed by atoms with E-state index in [-0.39, 0.29) is 18.8 Å². The fourth-order valence-electron chi connectivity index (χ4n) is 2.66. The zero-order valence-corrected chi connectivity index (χ0v) is 20.2. The highest BCUT2D eigenvalue weighted by atomic mass is 79.9. The van der Waals surface area contributed by atoms with Crippen molar-refractivity contribution in [1.29, 1.82) is 5.26 Å². The van der Waals surface area contributed by atoms with Crippen LogP contribution in [0.25, 0.3) is 6.08 Å². The maximum Gasteiger partial charge on any atom is 0.344 e. The van der Waals surface area contributed by atoms with Crippen molar-refractivity contribution in [1.82, 2.24) is 0 Å². The second kappa shape index (κ2) is 12.1. The molecule has 0 saturated heterocycles. The SMILES string of the molecule is CCOC(=O)COc1c(Br)cc(/C=C(\C#N)C(=O)Nc2cccc(Cl)c2C)cc1OCC. The number of benzene rings is 2. The maximum absolute atomic E-state index is 12.6. The fourth-order valence-corrected chi connectivity index (χ4v) is 3.40. The van der Waals surface area contributed by atoms with E-state index in [1.807, 2.05) is 6.07 Å². The van der Waals surface area contributed by atoms with E-state index in [1.54, 1.807) is 51.1 Å². The number of amides is 1. The number of esters is 1. The van der Waals surface area contributed by atoms with Gasteiger partial charge in [0.05, 0.1) is 17.7 Å². The first-order chi connectivity index (χ1) is 15.3. The molecule has 0 bridgehead atoms.